The van der Waals surface area contributed by atoms with Crippen LogP contribution < -0.4 is 10.1 Å². The summed E-state index contributed by atoms with van der Waals surface area (Å²) in [5.41, 5.74) is 3.29. The number of hydrogen-bond donors (Lipinski definition) is 1. The van der Waals surface area contributed by atoms with Crippen LogP contribution in [-0.2, 0) is 30.8 Å². The van der Waals surface area contributed by atoms with E-state index in [0.29, 0.717) is 24.1 Å². The third-order valence-corrected chi connectivity index (χ3v) is 5.75. The lowest BCUT2D eigenvalue weighted by molar-refractivity contribution is -0.113. The highest BCUT2D eigenvalue weighted by atomic mass is 32.2. The van der Waals surface area contributed by atoms with Gasteiger partial charge < -0.3 is 10.1 Å². The van der Waals surface area contributed by atoms with Crippen molar-refractivity contribution in [3.63, 3.8) is 0 Å². The normalized spacial score (nSPS) is 10.6. The van der Waals surface area contributed by atoms with Crippen molar-refractivity contribution in [3.8, 4) is 5.75 Å². The van der Waals surface area contributed by atoms with Crippen molar-refractivity contribution in [3.05, 3.63) is 78.1 Å². The maximum absolute atomic E-state index is 12.3. The first-order chi connectivity index (χ1) is 15.1. The zero-order valence-corrected chi connectivity index (χ0v) is 18.8. The Balaban J connectivity index is 1.58. The number of thioether (sulfide) groups is 1. The SMILES string of the molecule is C=CCn1c(COc2ccc(CC)cc2)nnc1SCC(=O)Nc1ccc(CC)cc1. The number of aryl methyl sites for hydroxylation is 2. The van der Waals surface area contributed by atoms with Gasteiger partial charge in [-0.1, -0.05) is 56.0 Å². The van der Waals surface area contributed by atoms with Crippen molar-refractivity contribution in [1.29, 1.82) is 0 Å². The third kappa shape index (κ3) is 6.46. The summed E-state index contributed by atoms with van der Waals surface area (Å²) < 4.78 is 7.79. The molecule has 0 spiro atoms. The van der Waals surface area contributed by atoms with Gasteiger partial charge in [-0.05, 0) is 48.2 Å². The monoisotopic (exact) mass is 436 g/mol. The average molecular weight is 437 g/mol. The molecule has 31 heavy (non-hydrogen) atoms. The highest BCUT2D eigenvalue weighted by molar-refractivity contribution is 7.99. The Morgan fingerprint density at radius 2 is 1.71 bits per heavy atom. The molecule has 162 valence electrons. The molecule has 0 aliphatic rings. The predicted octanol–water partition coefficient (Wildman–Crippen LogP) is 4.90. The molecular formula is C24H28N4O2S. The Hall–Kier alpha value is -3.06. The Labute approximate surface area is 187 Å². The Morgan fingerprint density at radius 1 is 1.06 bits per heavy atom. The van der Waals surface area contributed by atoms with Gasteiger partial charge in [-0.2, -0.15) is 0 Å². The lowest BCUT2D eigenvalue weighted by Crippen LogP contribution is -2.15. The van der Waals surface area contributed by atoms with E-state index in [4.69, 9.17) is 4.74 Å². The minimum Gasteiger partial charge on any atom is -0.486 e. The summed E-state index contributed by atoms with van der Waals surface area (Å²) in [4.78, 5) is 12.3. The largest absolute Gasteiger partial charge is 0.486 e. The topological polar surface area (TPSA) is 69.0 Å². The van der Waals surface area contributed by atoms with E-state index in [1.54, 1.807) is 6.08 Å². The van der Waals surface area contributed by atoms with E-state index in [2.05, 4.69) is 48.1 Å². The van der Waals surface area contributed by atoms with Crippen molar-refractivity contribution in [2.45, 2.75) is 45.0 Å². The van der Waals surface area contributed by atoms with E-state index in [9.17, 15) is 4.79 Å². The van der Waals surface area contributed by atoms with Crippen molar-refractivity contribution >= 4 is 23.4 Å². The maximum atomic E-state index is 12.3. The highest BCUT2D eigenvalue weighted by Crippen LogP contribution is 2.20. The summed E-state index contributed by atoms with van der Waals surface area (Å²) in [7, 11) is 0. The van der Waals surface area contributed by atoms with Gasteiger partial charge in [-0.15, -0.1) is 16.8 Å². The number of aromatic nitrogens is 3. The molecule has 7 heteroatoms. The zero-order chi connectivity index (χ0) is 22.1. The second kappa shape index (κ2) is 11.4. The molecule has 2 aromatic carbocycles. The van der Waals surface area contributed by atoms with Gasteiger partial charge in [0, 0.05) is 12.2 Å². The number of nitrogens with zero attached hydrogens (tertiary/aromatic N) is 3. The molecule has 0 aliphatic heterocycles. The summed E-state index contributed by atoms with van der Waals surface area (Å²) in [6, 6.07) is 15.9. The summed E-state index contributed by atoms with van der Waals surface area (Å²) in [6.45, 7) is 8.88. The van der Waals surface area contributed by atoms with Gasteiger partial charge in [0.05, 0.1) is 5.75 Å². The van der Waals surface area contributed by atoms with Crippen molar-refractivity contribution < 1.29 is 9.53 Å². The summed E-state index contributed by atoms with van der Waals surface area (Å²) in [6.07, 6.45) is 3.74. The van der Waals surface area contributed by atoms with Crippen LogP contribution in [0.2, 0.25) is 0 Å². The lowest BCUT2D eigenvalue weighted by atomic mass is 10.1. The fraction of sp³-hybridized carbons (Fsp3) is 0.292. The van der Waals surface area contributed by atoms with Gasteiger partial charge in [0.15, 0.2) is 11.0 Å². The average Bonchev–Trinajstić information content (AvgIpc) is 3.19. The van der Waals surface area contributed by atoms with E-state index >= 15 is 0 Å². The highest BCUT2D eigenvalue weighted by Gasteiger charge is 2.14. The number of rotatable bonds is 11. The first-order valence-electron chi connectivity index (χ1n) is 10.4. The van der Waals surface area contributed by atoms with Crippen LogP contribution in [-0.4, -0.2) is 26.4 Å². The van der Waals surface area contributed by atoms with E-state index in [1.165, 1.54) is 22.9 Å². The van der Waals surface area contributed by atoms with Crippen LogP contribution in [0.3, 0.4) is 0 Å². The van der Waals surface area contributed by atoms with Crippen LogP contribution in [0.15, 0.2) is 66.3 Å². The van der Waals surface area contributed by atoms with Crippen LogP contribution >= 0.6 is 11.8 Å². The van der Waals surface area contributed by atoms with Gasteiger partial charge in [0.2, 0.25) is 5.91 Å². The Morgan fingerprint density at radius 3 is 2.32 bits per heavy atom. The van der Waals surface area contributed by atoms with Crippen LogP contribution in [0.1, 0.15) is 30.8 Å². The molecular weight excluding hydrogens is 408 g/mol. The summed E-state index contributed by atoms with van der Waals surface area (Å²) in [5, 5.41) is 12.1. The number of anilines is 1. The minimum absolute atomic E-state index is 0.0868. The third-order valence-electron chi connectivity index (χ3n) is 4.78. The number of amides is 1. The predicted molar refractivity (Wildman–Crippen MR) is 126 cm³/mol. The van der Waals surface area contributed by atoms with Crippen molar-refractivity contribution in [2.75, 3.05) is 11.1 Å². The molecule has 0 saturated heterocycles. The summed E-state index contributed by atoms with van der Waals surface area (Å²) >= 11 is 1.34. The van der Waals surface area contributed by atoms with E-state index < -0.39 is 0 Å². The summed E-state index contributed by atoms with van der Waals surface area (Å²) in [5.74, 6) is 1.63. The second-order valence-corrected chi connectivity index (χ2v) is 7.91. The smallest absolute Gasteiger partial charge is 0.234 e. The number of hydrogen-bond acceptors (Lipinski definition) is 5. The number of ether oxygens (including phenoxy) is 1. The lowest BCUT2D eigenvalue weighted by Gasteiger charge is -2.10. The second-order valence-electron chi connectivity index (χ2n) is 6.97. The number of carbonyl (C=O) groups is 1. The quantitative estimate of drug-likeness (QED) is 0.342. The fourth-order valence-electron chi connectivity index (χ4n) is 2.97. The first kappa shape index (κ1) is 22.6. The molecule has 1 amide bonds. The number of allylic oxidation sites excluding steroid dienone is 1. The molecule has 0 bridgehead atoms. The van der Waals surface area contributed by atoms with Gasteiger partial charge in [0.1, 0.15) is 12.4 Å². The van der Waals surface area contributed by atoms with Gasteiger partial charge >= 0.3 is 0 Å². The van der Waals surface area contributed by atoms with Crippen LogP contribution in [0.4, 0.5) is 5.69 Å². The van der Waals surface area contributed by atoms with Crippen LogP contribution in [0.25, 0.3) is 0 Å². The molecule has 1 N–H and O–H groups in total. The molecule has 3 aromatic rings. The van der Waals surface area contributed by atoms with Crippen molar-refractivity contribution in [2.24, 2.45) is 0 Å². The Bertz CT molecular complexity index is 997. The maximum Gasteiger partial charge on any atom is 0.234 e. The molecule has 0 atom stereocenters. The molecule has 0 aliphatic carbocycles. The van der Waals surface area contributed by atoms with Crippen LogP contribution in [0.5, 0.6) is 5.75 Å². The van der Waals surface area contributed by atoms with Gasteiger partial charge in [-0.25, -0.2) is 0 Å². The number of nitrogens with one attached hydrogen (secondary N) is 1. The fourth-order valence-corrected chi connectivity index (χ4v) is 3.73. The van der Waals surface area contributed by atoms with E-state index in [1.807, 2.05) is 41.0 Å². The molecule has 0 radical (unpaired) electrons. The first-order valence-corrected chi connectivity index (χ1v) is 11.4. The van der Waals surface area contributed by atoms with Crippen LogP contribution in [0, 0.1) is 0 Å². The molecule has 0 unspecified atom stereocenters. The molecule has 1 heterocycles. The van der Waals surface area contributed by atoms with E-state index in [-0.39, 0.29) is 11.7 Å². The number of carbonyl (C=O) groups excluding carboxylic acids is 1. The minimum atomic E-state index is -0.0868. The number of benzene rings is 2. The molecule has 0 saturated carbocycles. The Kier molecular flexibility index (Phi) is 8.29. The molecule has 0 fully saturated rings. The zero-order valence-electron chi connectivity index (χ0n) is 18.0. The molecule has 3 rings (SSSR count). The van der Waals surface area contributed by atoms with Crippen molar-refractivity contribution in [1.82, 2.24) is 14.8 Å². The standard InChI is InChI=1S/C24H28N4O2S/c1-4-15-28-22(16-30-21-13-9-19(6-3)10-14-21)26-27-24(28)31-17-23(29)25-20-11-7-18(5-2)8-12-20/h4,7-14H,1,5-6,15-17H2,2-3H3,(H,25,29). The van der Waals surface area contributed by atoms with Gasteiger partial charge in [0.25, 0.3) is 0 Å². The molecule has 6 nitrogen and oxygen atoms in total. The molecule has 1 aromatic heterocycles. The van der Waals surface area contributed by atoms with Gasteiger partial charge in [-0.3, -0.25) is 9.36 Å². The van der Waals surface area contributed by atoms with E-state index in [0.717, 1.165) is 24.3 Å².